The summed E-state index contributed by atoms with van der Waals surface area (Å²) in [6, 6.07) is 21.3. The normalized spacial score (nSPS) is 12.3. The van der Waals surface area contributed by atoms with Crippen molar-refractivity contribution in [1.82, 2.24) is 23.7 Å². The van der Waals surface area contributed by atoms with Gasteiger partial charge in [-0.05, 0) is 127 Å². The van der Waals surface area contributed by atoms with Gasteiger partial charge in [-0.15, -0.1) is 0 Å². The van der Waals surface area contributed by atoms with Gasteiger partial charge in [-0.1, -0.05) is 0 Å². The minimum absolute atomic E-state index is 0.128. The van der Waals surface area contributed by atoms with Crippen molar-refractivity contribution in [2.75, 3.05) is 13.2 Å². The minimum atomic E-state index is -0.128. The predicted octanol–water partition coefficient (Wildman–Crippen LogP) is 7.17. The summed E-state index contributed by atoms with van der Waals surface area (Å²) >= 11 is 0. The van der Waals surface area contributed by atoms with Crippen LogP contribution >= 0.6 is 0 Å². The summed E-state index contributed by atoms with van der Waals surface area (Å²) in [5.41, 5.74) is 11.4. The van der Waals surface area contributed by atoms with Crippen LogP contribution < -0.4 is 0 Å². The molecule has 0 saturated heterocycles. The van der Waals surface area contributed by atoms with Crippen molar-refractivity contribution in [2.45, 2.75) is 81.1 Å². The lowest BCUT2D eigenvalue weighted by atomic mass is 10.2. The van der Waals surface area contributed by atoms with E-state index in [9.17, 15) is 0 Å². The van der Waals surface area contributed by atoms with Crippen molar-refractivity contribution >= 4 is 0 Å². The summed E-state index contributed by atoms with van der Waals surface area (Å²) in [5.74, 6) is 1.89. The van der Waals surface area contributed by atoms with Gasteiger partial charge in [0.05, 0.1) is 38.2 Å². The fourth-order valence-corrected chi connectivity index (χ4v) is 5.87. The van der Waals surface area contributed by atoms with E-state index in [2.05, 4.69) is 130 Å². The molecule has 43 heavy (non-hydrogen) atoms. The van der Waals surface area contributed by atoms with Crippen LogP contribution in [-0.4, -0.2) is 43.0 Å². The SMILES string of the molecule is Cc1cc(CCOC[C@@H](Cn2c(C)ccc2C)OCc2cc(C)cc(-n3c(C)ccc3C)n2)nc(-n2c(C)ccc2C)c1. The highest BCUT2D eigenvalue weighted by Gasteiger charge is 2.16. The lowest BCUT2D eigenvalue weighted by Gasteiger charge is -2.21. The number of aromatic nitrogens is 5. The maximum absolute atomic E-state index is 6.53. The number of aryl methyl sites for hydroxylation is 8. The summed E-state index contributed by atoms with van der Waals surface area (Å²) in [7, 11) is 0. The highest BCUT2D eigenvalue weighted by molar-refractivity contribution is 5.37. The van der Waals surface area contributed by atoms with Crippen LogP contribution in [0, 0.1) is 55.4 Å². The Morgan fingerprint density at radius 2 is 1.07 bits per heavy atom. The average Bonchev–Trinajstić information content (AvgIpc) is 3.59. The van der Waals surface area contributed by atoms with Crippen LogP contribution in [0.2, 0.25) is 0 Å². The van der Waals surface area contributed by atoms with Gasteiger partial charge >= 0.3 is 0 Å². The van der Waals surface area contributed by atoms with E-state index < -0.39 is 0 Å². The molecule has 7 heteroatoms. The third kappa shape index (κ3) is 7.17. The third-order valence-corrected chi connectivity index (χ3v) is 8.10. The molecule has 0 unspecified atom stereocenters. The molecule has 7 nitrogen and oxygen atoms in total. The monoisotopic (exact) mass is 579 g/mol. The molecule has 0 aliphatic carbocycles. The van der Waals surface area contributed by atoms with Crippen molar-refractivity contribution in [2.24, 2.45) is 0 Å². The van der Waals surface area contributed by atoms with Crippen molar-refractivity contribution in [1.29, 1.82) is 0 Å². The number of nitrogens with zero attached hydrogens (tertiary/aromatic N) is 5. The highest BCUT2D eigenvalue weighted by atomic mass is 16.5. The van der Waals surface area contributed by atoms with Crippen LogP contribution in [0.1, 0.15) is 56.7 Å². The Kier molecular flexibility index (Phi) is 9.33. The Hall–Kier alpha value is -3.94. The molecule has 0 fully saturated rings. The molecule has 0 spiro atoms. The molecule has 0 saturated carbocycles. The molecule has 0 bridgehead atoms. The second kappa shape index (κ2) is 13.1. The van der Waals surface area contributed by atoms with Gasteiger partial charge in [-0.3, -0.25) is 0 Å². The first kappa shape index (κ1) is 30.5. The maximum Gasteiger partial charge on any atom is 0.137 e. The number of pyridine rings is 2. The molecule has 0 amide bonds. The fraction of sp³-hybridized carbons (Fsp3) is 0.389. The largest absolute Gasteiger partial charge is 0.378 e. The standard InChI is InChI=1S/C36H45N5O2/c1-24-17-32(37-35(19-24)40-28(5)11-12-29(40)6)15-16-42-23-34(21-39-26(3)9-10-27(39)4)43-22-33-18-25(2)20-36(38-33)41-30(7)13-14-31(41)8/h9-14,17-20,34H,15-16,21-23H2,1-8H3/t34-/m1/s1. The zero-order valence-corrected chi connectivity index (χ0v) is 26.9. The molecule has 1 atom stereocenters. The summed E-state index contributed by atoms with van der Waals surface area (Å²) < 4.78 is 19.5. The van der Waals surface area contributed by atoms with Crippen LogP contribution in [0.25, 0.3) is 11.6 Å². The van der Waals surface area contributed by atoms with E-state index in [4.69, 9.17) is 19.4 Å². The van der Waals surface area contributed by atoms with Crippen molar-refractivity contribution < 1.29 is 9.47 Å². The molecular weight excluding hydrogens is 534 g/mol. The van der Waals surface area contributed by atoms with E-state index in [0.29, 0.717) is 19.8 Å². The van der Waals surface area contributed by atoms with Gasteiger partial charge in [0.25, 0.3) is 0 Å². The lowest BCUT2D eigenvalue weighted by Crippen LogP contribution is -2.27. The molecule has 5 aromatic heterocycles. The molecule has 5 rings (SSSR count). The molecular formula is C36H45N5O2. The highest BCUT2D eigenvalue weighted by Crippen LogP contribution is 2.19. The first-order valence-corrected chi connectivity index (χ1v) is 15.2. The van der Waals surface area contributed by atoms with E-state index >= 15 is 0 Å². The molecule has 226 valence electrons. The first-order valence-electron chi connectivity index (χ1n) is 15.2. The third-order valence-electron chi connectivity index (χ3n) is 8.10. The molecule has 0 aliphatic rings. The van der Waals surface area contributed by atoms with Crippen molar-refractivity contribution in [3.8, 4) is 11.6 Å². The number of ether oxygens (including phenoxy) is 2. The topological polar surface area (TPSA) is 59.0 Å². The summed E-state index contributed by atoms with van der Waals surface area (Å²) in [5, 5.41) is 0. The van der Waals surface area contributed by atoms with Gasteiger partial charge in [0.1, 0.15) is 11.6 Å². The van der Waals surface area contributed by atoms with Gasteiger partial charge < -0.3 is 23.2 Å². The molecule has 5 heterocycles. The summed E-state index contributed by atoms with van der Waals surface area (Å²) in [4.78, 5) is 9.93. The van der Waals surface area contributed by atoms with Crippen molar-refractivity contribution in [3.05, 3.63) is 117 Å². The molecule has 0 aliphatic heterocycles. The Bertz CT molecular complexity index is 1650. The Morgan fingerprint density at radius 3 is 1.60 bits per heavy atom. The smallest absolute Gasteiger partial charge is 0.137 e. The summed E-state index contributed by atoms with van der Waals surface area (Å²) in [6.07, 6.45) is 0.609. The Balaban J connectivity index is 1.27. The van der Waals surface area contributed by atoms with Crippen LogP contribution in [0.3, 0.4) is 0 Å². The second-order valence-electron chi connectivity index (χ2n) is 11.9. The average molecular weight is 580 g/mol. The van der Waals surface area contributed by atoms with Crippen LogP contribution in [-0.2, 0) is 29.0 Å². The molecule has 0 radical (unpaired) electrons. The number of rotatable bonds is 12. The zero-order valence-electron chi connectivity index (χ0n) is 26.9. The van der Waals surface area contributed by atoms with E-state index in [1.807, 2.05) is 0 Å². The van der Waals surface area contributed by atoms with Crippen LogP contribution in [0.15, 0.2) is 60.7 Å². The van der Waals surface area contributed by atoms with E-state index in [0.717, 1.165) is 41.6 Å². The summed E-state index contributed by atoms with van der Waals surface area (Å²) in [6.45, 7) is 19.1. The van der Waals surface area contributed by atoms with Gasteiger partial charge in [0, 0.05) is 46.3 Å². The zero-order chi connectivity index (χ0) is 30.7. The molecule has 5 aromatic rings. The second-order valence-corrected chi connectivity index (χ2v) is 11.9. The van der Waals surface area contributed by atoms with E-state index in [-0.39, 0.29) is 6.10 Å². The molecule has 0 N–H and O–H groups in total. The first-order chi connectivity index (χ1) is 20.6. The van der Waals surface area contributed by atoms with Gasteiger partial charge in [-0.25, -0.2) is 9.97 Å². The lowest BCUT2D eigenvalue weighted by molar-refractivity contribution is -0.0336. The van der Waals surface area contributed by atoms with Gasteiger partial charge in [0.15, 0.2) is 0 Å². The molecule has 0 aromatic carbocycles. The number of hydrogen-bond acceptors (Lipinski definition) is 4. The van der Waals surface area contributed by atoms with Crippen LogP contribution in [0.4, 0.5) is 0 Å². The predicted molar refractivity (Wildman–Crippen MR) is 173 cm³/mol. The fourth-order valence-electron chi connectivity index (χ4n) is 5.87. The van der Waals surface area contributed by atoms with Crippen LogP contribution in [0.5, 0.6) is 0 Å². The minimum Gasteiger partial charge on any atom is -0.378 e. The number of hydrogen-bond donors (Lipinski definition) is 0. The Morgan fingerprint density at radius 1 is 0.605 bits per heavy atom. The van der Waals surface area contributed by atoms with Gasteiger partial charge in [-0.2, -0.15) is 0 Å². The maximum atomic E-state index is 6.53. The Labute approximate surface area is 256 Å². The van der Waals surface area contributed by atoms with Gasteiger partial charge in [0.2, 0.25) is 0 Å². The quantitative estimate of drug-likeness (QED) is 0.147. The van der Waals surface area contributed by atoms with Crippen molar-refractivity contribution in [3.63, 3.8) is 0 Å². The van der Waals surface area contributed by atoms with E-state index in [1.54, 1.807) is 0 Å². The van der Waals surface area contributed by atoms with E-state index in [1.165, 1.54) is 39.7 Å².